The molecule has 8 N–H and O–H groups in total. The van der Waals surface area contributed by atoms with Crippen LogP contribution >= 0.6 is 0 Å². The molecule has 0 saturated heterocycles. The molecule has 348 valence electrons. The second-order valence-corrected chi connectivity index (χ2v) is 19.6. The molecule has 4 aliphatic carbocycles. The van der Waals surface area contributed by atoms with Crippen molar-refractivity contribution in [1.82, 2.24) is 10.6 Å². The second kappa shape index (κ2) is 21.9. The molecule has 1 spiro atoms. The summed E-state index contributed by atoms with van der Waals surface area (Å²) in [5.41, 5.74) is 4.07. The summed E-state index contributed by atoms with van der Waals surface area (Å²) in [7, 11) is 3.56. The van der Waals surface area contributed by atoms with Gasteiger partial charge in [-0.15, -0.1) is 0 Å². The summed E-state index contributed by atoms with van der Waals surface area (Å²) in [6.45, 7) is 9.25. The maximum Gasteiger partial charge on any atom is 0.145 e. The number of aliphatic hydroxyl groups is 6. The van der Waals surface area contributed by atoms with Gasteiger partial charge in [0, 0.05) is 43.1 Å². The van der Waals surface area contributed by atoms with Crippen LogP contribution < -0.4 is 10.6 Å². The van der Waals surface area contributed by atoms with Crippen molar-refractivity contribution in [2.75, 3.05) is 53.7 Å². The highest BCUT2D eigenvalue weighted by atomic mass is 16.5. The summed E-state index contributed by atoms with van der Waals surface area (Å²) < 4.78 is 11.5. The number of aldehydes is 1. The lowest BCUT2D eigenvalue weighted by molar-refractivity contribution is -0.194. The van der Waals surface area contributed by atoms with Crippen LogP contribution in [0.2, 0.25) is 0 Å². The van der Waals surface area contributed by atoms with E-state index in [0.29, 0.717) is 50.8 Å². The molecule has 2 saturated carbocycles. The highest BCUT2D eigenvalue weighted by Gasteiger charge is 2.68. The highest BCUT2D eigenvalue weighted by Crippen LogP contribution is 2.67. The van der Waals surface area contributed by atoms with Gasteiger partial charge >= 0.3 is 0 Å². The van der Waals surface area contributed by atoms with Crippen molar-refractivity contribution in [2.45, 2.75) is 114 Å². The molecule has 12 atom stereocenters. The first-order valence-electron chi connectivity index (χ1n) is 23.4. The van der Waals surface area contributed by atoms with Crippen LogP contribution in [0.15, 0.2) is 95.2 Å². The van der Waals surface area contributed by atoms with Gasteiger partial charge in [0.2, 0.25) is 0 Å². The number of aliphatic hydroxyl groups excluding tert-OH is 5. The normalized spacial score (nSPS) is 35.8. The lowest BCUT2D eigenvalue weighted by Crippen LogP contribution is -2.65. The summed E-state index contributed by atoms with van der Waals surface area (Å²) in [6.07, 6.45) is 17.8. The van der Waals surface area contributed by atoms with Crippen molar-refractivity contribution in [3.05, 3.63) is 106 Å². The Labute approximate surface area is 375 Å². The van der Waals surface area contributed by atoms with Gasteiger partial charge in [0.25, 0.3) is 0 Å². The zero-order valence-electron chi connectivity index (χ0n) is 38.2. The quantitative estimate of drug-likeness (QED) is 0.0428. The van der Waals surface area contributed by atoms with Gasteiger partial charge in [0.05, 0.1) is 31.5 Å². The van der Waals surface area contributed by atoms with Crippen molar-refractivity contribution in [1.29, 1.82) is 0 Å². The maximum absolute atomic E-state index is 13.0. The first kappa shape index (κ1) is 49.4. The van der Waals surface area contributed by atoms with E-state index in [1.807, 2.05) is 32.2 Å². The zero-order chi connectivity index (χ0) is 45.4. The molecular formula is C52H76N2O9. The second-order valence-electron chi connectivity index (χ2n) is 19.6. The molecule has 1 aromatic rings. The van der Waals surface area contributed by atoms with Crippen molar-refractivity contribution in [2.24, 2.45) is 40.9 Å². The Morgan fingerprint density at radius 1 is 1.13 bits per heavy atom. The molecule has 0 aromatic heterocycles. The Morgan fingerprint density at radius 3 is 2.65 bits per heavy atom. The SMILES string of the molecule is C=C(C=CC=C(COCC(O)CO)C1CCC2(C1O)C1C(=C(C)C=O)C(C=CC1CCO)CC2(O)CCNC)C1Cc2cccc(c2)CC(C)(CCOC)NC(O)C2=CC1CCC2. The number of carbonyl (C=O) groups excluding carboxylic acids is 1. The standard InChI is InChI=1S/C52H76N2O9/c1-34(45-26-36-10-7-11-37(25-36)28-50(3,21-24-62-5)54-49(60)40-13-8-12-39(45)27-40)9-6-14-42(32-63-33-43(58)31-57)44-17-19-52(48(44)59)47-38(18-23-55)15-16-41(46(47)35(2)30-56)29-51(52,61)20-22-53-4/h6-7,9-11,14-16,25,27,30,38-39,41,43-45,47-49,53-55,57-61H,1,8,12-13,17-24,26,28-29,31-33H2,2-5H3. The highest BCUT2D eigenvalue weighted by molar-refractivity contribution is 5.74. The predicted octanol–water partition coefficient (Wildman–Crippen LogP) is 5.06. The molecular weight excluding hydrogens is 797 g/mol. The van der Waals surface area contributed by atoms with Gasteiger partial charge in [-0.05, 0) is 150 Å². The number of methoxy groups -OCH3 is 1. The Hall–Kier alpha value is -3.07. The summed E-state index contributed by atoms with van der Waals surface area (Å²) in [6, 6.07) is 8.73. The molecule has 12 unspecified atom stereocenters. The molecule has 5 aliphatic rings. The van der Waals surface area contributed by atoms with Crippen molar-refractivity contribution in [3.63, 3.8) is 0 Å². The number of carbonyl (C=O) groups is 1. The van der Waals surface area contributed by atoms with E-state index in [2.05, 4.69) is 66.6 Å². The van der Waals surface area contributed by atoms with Crippen molar-refractivity contribution >= 4 is 6.29 Å². The number of ether oxygens (including phenoxy) is 2. The number of allylic oxidation sites excluding steroid dienone is 9. The van der Waals surface area contributed by atoms with Crippen LogP contribution in [0, 0.1) is 40.9 Å². The van der Waals surface area contributed by atoms with Crippen LogP contribution in [0.4, 0.5) is 0 Å². The number of hydrogen-bond acceptors (Lipinski definition) is 11. The number of hydrogen-bond donors (Lipinski definition) is 8. The number of rotatable bonds is 18. The van der Waals surface area contributed by atoms with Gasteiger partial charge in [-0.1, -0.05) is 78.4 Å². The average molecular weight is 873 g/mol. The minimum Gasteiger partial charge on any atom is -0.396 e. The van der Waals surface area contributed by atoms with Gasteiger partial charge in [-0.3, -0.25) is 10.1 Å². The van der Waals surface area contributed by atoms with E-state index >= 15 is 0 Å². The van der Waals surface area contributed by atoms with E-state index in [9.17, 15) is 35.4 Å². The molecule has 0 radical (unpaired) electrons. The lowest BCUT2D eigenvalue weighted by Gasteiger charge is -2.61. The molecule has 63 heavy (non-hydrogen) atoms. The largest absolute Gasteiger partial charge is 0.396 e. The van der Waals surface area contributed by atoms with E-state index < -0.39 is 42.0 Å². The third-order valence-electron chi connectivity index (χ3n) is 15.4. The molecule has 1 aliphatic heterocycles. The van der Waals surface area contributed by atoms with Crippen molar-refractivity contribution < 1.29 is 44.9 Å². The minimum atomic E-state index is -1.28. The Morgan fingerprint density at radius 2 is 1.92 bits per heavy atom. The summed E-state index contributed by atoms with van der Waals surface area (Å²) in [4.78, 5) is 12.5. The number of benzene rings is 1. The fourth-order valence-corrected chi connectivity index (χ4v) is 12.3. The number of nitrogens with one attached hydrogen (secondary N) is 2. The molecule has 2 fully saturated rings. The third-order valence-corrected chi connectivity index (χ3v) is 15.4. The van der Waals surface area contributed by atoms with Gasteiger partial charge in [0.1, 0.15) is 18.6 Å². The van der Waals surface area contributed by atoms with Crippen LogP contribution in [0.5, 0.6) is 0 Å². The first-order chi connectivity index (χ1) is 30.3. The predicted molar refractivity (Wildman–Crippen MR) is 246 cm³/mol. The van der Waals surface area contributed by atoms with Crippen LogP contribution in [-0.4, -0.2) is 120 Å². The molecule has 1 heterocycles. The first-order valence-corrected chi connectivity index (χ1v) is 23.4. The Balaban J connectivity index is 1.36. The molecule has 6 rings (SSSR count). The summed E-state index contributed by atoms with van der Waals surface area (Å²) in [5, 5.41) is 74.5. The molecule has 1 aromatic carbocycles. The summed E-state index contributed by atoms with van der Waals surface area (Å²) in [5.74, 6) is -0.932. The smallest absolute Gasteiger partial charge is 0.145 e. The molecule has 6 bridgehead atoms. The third kappa shape index (κ3) is 10.8. The summed E-state index contributed by atoms with van der Waals surface area (Å²) >= 11 is 0. The monoisotopic (exact) mass is 873 g/mol. The topological polar surface area (TPSA) is 181 Å². The van der Waals surface area contributed by atoms with Gasteiger partial charge in [0.15, 0.2) is 0 Å². The maximum atomic E-state index is 13.0. The van der Waals surface area contributed by atoms with E-state index in [-0.39, 0.29) is 54.9 Å². The fraction of sp³-hybridized carbons (Fsp3) is 0.635. The van der Waals surface area contributed by atoms with Gasteiger partial charge in [-0.2, -0.15) is 0 Å². The zero-order valence-corrected chi connectivity index (χ0v) is 38.2. The van der Waals surface area contributed by atoms with Gasteiger partial charge < -0.3 is 45.4 Å². The van der Waals surface area contributed by atoms with Crippen molar-refractivity contribution in [3.8, 4) is 0 Å². The van der Waals surface area contributed by atoms with Crippen LogP contribution in [0.25, 0.3) is 0 Å². The Bertz CT molecular complexity index is 1890. The fourth-order valence-electron chi connectivity index (χ4n) is 12.3. The van der Waals surface area contributed by atoms with Crippen LogP contribution in [0.1, 0.15) is 82.8 Å². The van der Waals surface area contributed by atoms with E-state index in [0.717, 1.165) is 67.1 Å². The van der Waals surface area contributed by atoms with E-state index in [1.165, 1.54) is 11.1 Å². The van der Waals surface area contributed by atoms with Crippen LogP contribution in [0.3, 0.4) is 0 Å². The molecule has 11 nitrogen and oxygen atoms in total. The average Bonchev–Trinajstić information content (AvgIpc) is 3.62. The molecule has 0 amide bonds. The Kier molecular flexibility index (Phi) is 17.2. The molecule has 11 heteroatoms. The van der Waals surface area contributed by atoms with E-state index in [4.69, 9.17) is 9.47 Å². The number of fused-ring (bicyclic) bond motifs is 6. The van der Waals surface area contributed by atoms with Crippen LogP contribution in [-0.2, 0) is 27.1 Å². The van der Waals surface area contributed by atoms with Gasteiger partial charge in [-0.25, -0.2) is 0 Å². The van der Waals surface area contributed by atoms with E-state index in [1.54, 1.807) is 7.11 Å². The minimum absolute atomic E-state index is 0.0536. The lowest BCUT2D eigenvalue weighted by atomic mass is 9.45.